The summed E-state index contributed by atoms with van der Waals surface area (Å²) in [7, 11) is 0. The molecule has 0 spiro atoms. The summed E-state index contributed by atoms with van der Waals surface area (Å²) in [6, 6.07) is 40.9. The van der Waals surface area contributed by atoms with Gasteiger partial charge in [0, 0.05) is 11.1 Å². The molecule has 40 heavy (non-hydrogen) atoms. The maximum absolute atomic E-state index is 6.18. The summed E-state index contributed by atoms with van der Waals surface area (Å²) in [4.78, 5) is 5.15. The molecule has 8 rings (SSSR count). The normalized spacial score (nSPS) is 11.8. The van der Waals surface area contributed by atoms with Crippen molar-refractivity contribution in [1.29, 1.82) is 0 Å². The molecule has 8 aromatic rings. The van der Waals surface area contributed by atoms with E-state index in [0.29, 0.717) is 0 Å². The number of hydrogen-bond acceptors (Lipinski definition) is 2. The predicted octanol–water partition coefficient (Wildman–Crippen LogP) is 10.0. The highest BCUT2D eigenvalue weighted by molar-refractivity contribution is 6.07. The van der Waals surface area contributed by atoms with Crippen LogP contribution in [-0.2, 0) is 0 Å². The van der Waals surface area contributed by atoms with Crippen LogP contribution in [0.15, 0.2) is 126 Å². The highest BCUT2D eigenvalue weighted by Gasteiger charge is 2.20. The number of furan rings is 1. The maximum atomic E-state index is 6.18. The Morgan fingerprint density at radius 2 is 1.27 bits per heavy atom. The number of fused-ring (bicyclic) bond motifs is 4. The van der Waals surface area contributed by atoms with Crippen LogP contribution in [0.25, 0.3) is 71.7 Å². The highest BCUT2D eigenvalue weighted by atomic mass is 16.3. The van der Waals surface area contributed by atoms with Gasteiger partial charge in [0.15, 0.2) is 0 Å². The van der Waals surface area contributed by atoms with Gasteiger partial charge in [-0.2, -0.15) is 0 Å². The summed E-state index contributed by atoms with van der Waals surface area (Å²) in [6.45, 7) is 4.39. The summed E-state index contributed by atoms with van der Waals surface area (Å²) in [5.74, 6) is 0.881. The van der Waals surface area contributed by atoms with Crippen LogP contribution < -0.4 is 0 Å². The van der Waals surface area contributed by atoms with Crippen LogP contribution in [0.4, 0.5) is 0 Å². The molecule has 0 amide bonds. The number of aryl methyl sites for hydroxylation is 2. The molecule has 0 fully saturated rings. The van der Waals surface area contributed by atoms with Crippen LogP contribution >= 0.6 is 0 Å². The summed E-state index contributed by atoms with van der Waals surface area (Å²) >= 11 is 0. The van der Waals surface area contributed by atoms with Crippen molar-refractivity contribution in [3.8, 4) is 28.2 Å². The van der Waals surface area contributed by atoms with Gasteiger partial charge in [-0.25, -0.2) is 4.98 Å². The average molecular weight is 515 g/mol. The molecular weight excluding hydrogens is 488 g/mol. The van der Waals surface area contributed by atoms with E-state index in [1.165, 1.54) is 43.8 Å². The summed E-state index contributed by atoms with van der Waals surface area (Å²) in [5, 5.41) is 5.89. The van der Waals surface area contributed by atoms with E-state index in [2.05, 4.69) is 128 Å². The molecule has 3 heteroatoms. The Balaban J connectivity index is 1.37. The Morgan fingerprint density at radius 3 is 2.02 bits per heavy atom. The van der Waals surface area contributed by atoms with Crippen molar-refractivity contribution in [2.75, 3.05) is 0 Å². The second-order valence-corrected chi connectivity index (χ2v) is 10.6. The lowest BCUT2D eigenvalue weighted by atomic mass is 9.95. The standard InChI is InChI=1S/C37H26N2O/c1-23-16-30(17-24(2)36(23)25-10-4-3-5-11-25)39-34-15-9-8-14-33(34)38-37(39)32-22-40-35-21-29-19-27-13-7-6-12-26(27)18-28(29)20-31(32)35/h3-22H,1-2H3. The van der Waals surface area contributed by atoms with Gasteiger partial charge in [0.25, 0.3) is 0 Å². The third kappa shape index (κ3) is 3.48. The molecule has 0 atom stereocenters. The summed E-state index contributed by atoms with van der Waals surface area (Å²) < 4.78 is 8.46. The molecular formula is C37H26N2O. The van der Waals surface area contributed by atoms with Crippen molar-refractivity contribution in [1.82, 2.24) is 9.55 Å². The number of rotatable bonds is 3. The van der Waals surface area contributed by atoms with Gasteiger partial charge < -0.3 is 4.42 Å². The second-order valence-electron chi connectivity index (χ2n) is 10.6. The van der Waals surface area contributed by atoms with Crippen LogP contribution in [0, 0.1) is 13.8 Å². The fourth-order valence-corrected chi connectivity index (χ4v) is 6.24. The Bertz CT molecular complexity index is 2210. The number of para-hydroxylation sites is 2. The van der Waals surface area contributed by atoms with Gasteiger partial charge in [0.2, 0.25) is 0 Å². The molecule has 0 saturated heterocycles. The van der Waals surface area contributed by atoms with E-state index in [-0.39, 0.29) is 0 Å². The van der Waals surface area contributed by atoms with Crippen molar-refractivity contribution in [3.63, 3.8) is 0 Å². The molecule has 3 nitrogen and oxygen atoms in total. The minimum Gasteiger partial charge on any atom is -0.464 e. The van der Waals surface area contributed by atoms with E-state index in [1.54, 1.807) is 0 Å². The van der Waals surface area contributed by atoms with Crippen molar-refractivity contribution in [3.05, 3.63) is 133 Å². The monoisotopic (exact) mass is 514 g/mol. The number of aromatic nitrogens is 2. The van der Waals surface area contributed by atoms with Gasteiger partial charge >= 0.3 is 0 Å². The molecule has 2 aromatic heterocycles. The minimum atomic E-state index is 0.864. The predicted molar refractivity (Wildman–Crippen MR) is 166 cm³/mol. The van der Waals surface area contributed by atoms with E-state index in [0.717, 1.165) is 39.1 Å². The van der Waals surface area contributed by atoms with Crippen molar-refractivity contribution >= 4 is 43.5 Å². The van der Waals surface area contributed by atoms with Gasteiger partial charge in [-0.15, -0.1) is 0 Å². The first kappa shape index (κ1) is 22.8. The smallest absolute Gasteiger partial charge is 0.149 e. The number of imidazole rings is 1. The Labute approximate surface area is 231 Å². The molecule has 0 N–H and O–H groups in total. The Hall–Kier alpha value is -5.15. The minimum absolute atomic E-state index is 0.864. The number of benzene rings is 6. The first-order chi connectivity index (χ1) is 19.6. The number of nitrogens with zero attached hydrogens (tertiary/aromatic N) is 2. The maximum Gasteiger partial charge on any atom is 0.149 e. The average Bonchev–Trinajstić information content (AvgIpc) is 3.56. The van der Waals surface area contributed by atoms with E-state index < -0.39 is 0 Å². The molecule has 0 bridgehead atoms. The largest absolute Gasteiger partial charge is 0.464 e. The Morgan fingerprint density at radius 1 is 0.625 bits per heavy atom. The van der Waals surface area contributed by atoms with Crippen molar-refractivity contribution in [2.45, 2.75) is 13.8 Å². The molecule has 2 heterocycles. The zero-order valence-electron chi connectivity index (χ0n) is 22.3. The van der Waals surface area contributed by atoms with Crippen LogP contribution in [0.3, 0.4) is 0 Å². The molecule has 0 aliphatic heterocycles. The van der Waals surface area contributed by atoms with Gasteiger partial charge in [-0.3, -0.25) is 4.57 Å². The summed E-state index contributed by atoms with van der Waals surface area (Å²) in [5.41, 5.74) is 9.97. The van der Waals surface area contributed by atoms with Gasteiger partial charge in [-0.05, 0) is 106 Å². The van der Waals surface area contributed by atoms with Crippen LogP contribution in [0.5, 0.6) is 0 Å². The molecule has 0 aliphatic carbocycles. The van der Waals surface area contributed by atoms with Crippen molar-refractivity contribution in [2.24, 2.45) is 0 Å². The molecule has 0 radical (unpaired) electrons. The lowest BCUT2D eigenvalue weighted by Gasteiger charge is -2.16. The van der Waals surface area contributed by atoms with Crippen LogP contribution in [0.2, 0.25) is 0 Å². The van der Waals surface area contributed by atoms with Crippen LogP contribution in [0.1, 0.15) is 11.1 Å². The topological polar surface area (TPSA) is 31.0 Å². The van der Waals surface area contributed by atoms with Gasteiger partial charge in [0.05, 0.1) is 16.6 Å². The first-order valence-electron chi connectivity index (χ1n) is 13.6. The summed E-state index contributed by atoms with van der Waals surface area (Å²) in [6.07, 6.45) is 1.86. The quantitative estimate of drug-likeness (QED) is 0.220. The zero-order chi connectivity index (χ0) is 26.8. The van der Waals surface area contributed by atoms with Crippen molar-refractivity contribution < 1.29 is 4.42 Å². The first-order valence-corrected chi connectivity index (χ1v) is 13.6. The highest BCUT2D eigenvalue weighted by Crippen LogP contribution is 2.38. The number of hydrogen-bond donors (Lipinski definition) is 0. The molecule has 6 aromatic carbocycles. The SMILES string of the molecule is Cc1cc(-n2c(-c3coc4cc5cc6ccccc6cc5cc34)nc3ccccc32)cc(C)c1-c1ccccc1. The lowest BCUT2D eigenvalue weighted by molar-refractivity contribution is 0.617. The molecule has 0 aliphatic rings. The van der Waals surface area contributed by atoms with Crippen LogP contribution in [-0.4, -0.2) is 9.55 Å². The van der Waals surface area contributed by atoms with Gasteiger partial charge in [0.1, 0.15) is 17.7 Å². The fraction of sp³-hybridized carbons (Fsp3) is 0.0541. The molecule has 190 valence electrons. The third-order valence-electron chi connectivity index (χ3n) is 8.04. The van der Waals surface area contributed by atoms with E-state index in [9.17, 15) is 0 Å². The van der Waals surface area contributed by atoms with E-state index in [4.69, 9.17) is 9.40 Å². The van der Waals surface area contributed by atoms with Gasteiger partial charge in [-0.1, -0.05) is 66.7 Å². The van der Waals surface area contributed by atoms with E-state index >= 15 is 0 Å². The molecule has 0 unspecified atom stereocenters. The van der Waals surface area contributed by atoms with E-state index in [1.807, 2.05) is 12.3 Å². The fourth-order valence-electron chi connectivity index (χ4n) is 6.24. The molecule has 0 saturated carbocycles. The lowest BCUT2D eigenvalue weighted by Crippen LogP contribution is -2.00. The second kappa shape index (κ2) is 8.69. The zero-order valence-corrected chi connectivity index (χ0v) is 22.3. The Kier molecular flexibility index (Phi) is 4.95. The third-order valence-corrected chi connectivity index (χ3v) is 8.04.